The molecule has 2 aromatic heterocycles. The molecule has 2 rings (SSSR count). The van der Waals surface area contributed by atoms with Gasteiger partial charge in [0.05, 0.1) is 5.69 Å². The number of carbonyl (C=O) groups is 1. The number of hydrogen-bond donors (Lipinski definition) is 1. The molecular formula is C12H14N4O. The van der Waals surface area contributed by atoms with Crippen LogP contribution < -0.4 is 5.73 Å². The lowest BCUT2D eigenvalue weighted by Gasteiger charge is -2.07. The fourth-order valence-corrected chi connectivity index (χ4v) is 1.68. The minimum Gasteiger partial charge on any atom is -0.364 e. The fourth-order valence-electron chi connectivity index (χ4n) is 1.68. The number of amides is 1. The Labute approximate surface area is 99.3 Å². The first-order valence-electron chi connectivity index (χ1n) is 5.51. The van der Waals surface area contributed by atoms with Crippen LogP contribution in [0.1, 0.15) is 29.7 Å². The molecule has 0 aliphatic heterocycles. The minimum absolute atomic E-state index is 0.263. The van der Waals surface area contributed by atoms with Crippen LogP contribution in [-0.4, -0.2) is 20.4 Å². The maximum atomic E-state index is 11.1. The van der Waals surface area contributed by atoms with Crippen molar-refractivity contribution in [2.75, 3.05) is 0 Å². The normalized spacial score (nSPS) is 10.4. The van der Waals surface area contributed by atoms with Gasteiger partial charge in [-0.1, -0.05) is 6.92 Å². The third-order valence-electron chi connectivity index (χ3n) is 2.47. The third-order valence-corrected chi connectivity index (χ3v) is 2.47. The highest BCUT2D eigenvalue weighted by molar-refractivity contribution is 5.91. The Morgan fingerprint density at radius 1 is 1.41 bits per heavy atom. The van der Waals surface area contributed by atoms with E-state index in [1.165, 1.54) is 0 Å². The van der Waals surface area contributed by atoms with E-state index < -0.39 is 5.91 Å². The predicted molar refractivity (Wildman–Crippen MR) is 63.9 cm³/mol. The van der Waals surface area contributed by atoms with E-state index in [1.807, 2.05) is 16.8 Å². The summed E-state index contributed by atoms with van der Waals surface area (Å²) in [5.74, 6) is 0.443. The molecule has 0 spiro atoms. The van der Waals surface area contributed by atoms with Gasteiger partial charge in [-0.25, -0.2) is 4.98 Å². The zero-order chi connectivity index (χ0) is 12.3. The van der Waals surface area contributed by atoms with Gasteiger partial charge in [0.1, 0.15) is 11.5 Å². The van der Waals surface area contributed by atoms with Crippen LogP contribution in [0.4, 0.5) is 0 Å². The van der Waals surface area contributed by atoms with Crippen molar-refractivity contribution in [3.05, 3.63) is 42.2 Å². The molecule has 0 saturated carbocycles. The lowest BCUT2D eigenvalue weighted by Crippen LogP contribution is -2.13. The van der Waals surface area contributed by atoms with Gasteiger partial charge >= 0.3 is 0 Å². The Kier molecular flexibility index (Phi) is 3.18. The summed E-state index contributed by atoms with van der Waals surface area (Å²) >= 11 is 0. The number of hydrogen-bond acceptors (Lipinski definition) is 3. The van der Waals surface area contributed by atoms with Gasteiger partial charge in [-0.3, -0.25) is 9.78 Å². The molecule has 88 valence electrons. The fraction of sp³-hybridized carbons (Fsp3) is 0.250. The molecule has 5 heteroatoms. The van der Waals surface area contributed by atoms with Crippen molar-refractivity contribution in [3.63, 3.8) is 0 Å². The highest BCUT2D eigenvalue weighted by atomic mass is 16.1. The van der Waals surface area contributed by atoms with E-state index in [4.69, 9.17) is 5.73 Å². The average molecular weight is 230 g/mol. The molecule has 0 saturated heterocycles. The first kappa shape index (κ1) is 11.3. The van der Waals surface area contributed by atoms with E-state index in [0.29, 0.717) is 0 Å². The highest BCUT2D eigenvalue weighted by Gasteiger charge is 2.07. The van der Waals surface area contributed by atoms with E-state index in [1.54, 1.807) is 18.5 Å². The van der Waals surface area contributed by atoms with Crippen molar-refractivity contribution < 1.29 is 4.79 Å². The van der Waals surface area contributed by atoms with Gasteiger partial charge < -0.3 is 10.3 Å². The molecule has 0 fully saturated rings. The van der Waals surface area contributed by atoms with Crippen LogP contribution in [0.25, 0.3) is 5.69 Å². The Bertz CT molecular complexity index is 533. The Hall–Kier alpha value is -2.17. The van der Waals surface area contributed by atoms with Crippen molar-refractivity contribution in [2.24, 2.45) is 5.73 Å². The monoisotopic (exact) mass is 230 g/mol. The molecule has 5 nitrogen and oxygen atoms in total. The Balaban J connectivity index is 2.42. The van der Waals surface area contributed by atoms with Crippen molar-refractivity contribution in [1.82, 2.24) is 14.5 Å². The quantitative estimate of drug-likeness (QED) is 0.860. The second-order valence-corrected chi connectivity index (χ2v) is 3.73. The van der Waals surface area contributed by atoms with Crippen molar-refractivity contribution in [2.45, 2.75) is 19.8 Å². The standard InChI is InChI=1S/C12H14N4O/c1-2-3-11-15-6-7-16(11)9-4-5-14-10(8-9)12(13)17/h4-8H,2-3H2,1H3,(H2,13,17). The summed E-state index contributed by atoms with van der Waals surface area (Å²) in [6, 6.07) is 3.50. The van der Waals surface area contributed by atoms with Crippen LogP contribution >= 0.6 is 0 Å². The molecule has 0 aromatic carbocycles. The molecule has 0 bridgehead atoms. The first-order valence-corrected chi connectivity index (χ1v) is 5.51. The number of imidazole rings is 1. The average Bonchev–Trinajstić information content (AvgIpc) is 2.78. The van der Waals surface area contributed by atoms with Crippen LogP contribution in [0.3, 0.4) is 0 Å². The predicted octanol–water partition coefficient (Wildman–Crippen LogP) is 1.32. The van der Waals surface area contributed by atoms with Gasteiger partial charge in [-0.05, 0) is 18.6 Å². The molecule has 0 radical (unpaired) electrons. The molecule has 0 atom stereocenters. The highest BCUT2D eigenvalue weighted by Crippen LogP contribution is 2.12. The summed E-state index contributed by atoms with van der Waals surface area (Å²) in [5.41, 5.74) is 6.33. The molecule has 2 N–H and O–H groups in total. The van der Waals surface area contributed by atoms with Gasteiger partial charge in [-0.2, -0.15) is 0 Å². The van der Waals surface area contributed by atoms with E-state index in [9.17, 15) is 4.79 Å². The summed E-state index contributed by atoms with van der Waals surface area (Å²) < 4.78 is 1.94. The van der Waals surface area contributed by atoms with E-state index >= 15 is 0 Å². The summed E-state index contributed by atoms with van der Waals surface area (Å²) in [4.78, 5) is 19.3. The van der Waals surface area contributed by atoms with Crippen LogP contribution in [-0.2, 0) is 6.42 Å². The number of nitrogens with two attached hydrogens (primary N) is 1. The molecular weight excluding hydrogens is 216 g/mol. The Morgan fingerprint density at radius 3 is 2.94 bits per heavy atom. The van der Waals surface area contributed by atoms with Gasteiger partial charge in [0.25, 0.3) is 5.91 Å². The number of pyridine rings is 1. The van der Waals surface area contributed by atoms with Crippen molar-refractivity contribution >= 4 is 5.91 Å². The second-order valence-electron chi connectivity index (χ2n) is 3.73. The van der Waals surface area contributed by atoms with Gasteiger partial charge in [-0.15, -0.1) is 0 Å². The van der Waals surface area contributed by atoms with Gasteiger partial charge in [0.2, 0.25) is 0 Å². The third kappa shape index (κ3) is 2.33. The molecule has 0 unspecified atom stereocenters. The number of aryl methyl sites for hydroxylation is 1. The zero-order valence-corrected chi connectivity index (χ0v) is 9.63. The van der Waals surface area contributed by atoms with Gasteiger partial charge in [0, 0.05) is 25.0 Å². The minimum atomic E-state index is -0.524. The number of nitrogens with zero attached hydrogens (tertiary/aromatic N) is 3. The Morgan fingerprint density at radius 2 is 2.24 bits per heavy atom. The summed E-state index contributed by atoms with van der Waals surface area (Å²) in [6.07, 6.45) is 7.09. The molecule has 17 heavy (non-hydrogen) atoms. The maximum Gasteiger partial charge on any atom is 0.267 e. The van der Waals surface area contributed by atoms with Crippen LogP contribution in [0.2, 0.25) is 0 Å². The molecule has 2 heterocycles. The van der Waals surface area contributed by atoms with Gasteiger partial charge in [0.15, 0.2) is 0 Å². The number of rotatable bonds is 4. The smallest absolute Gasteiger partial charge is 0.267 e. The maximum absolute atomic E-state index is 11.1. The molecule has 1 amide bonds. The summed E-state index contributed by atoms with van der Waals surface area (Å²) in [6.45, 7) is 2.10. The molecule has 2 aromatic rings. The SMILES string of the molecule is CCCc1nccn1-c1ccnc(C(N)=O)c1. The van der Waals surface area contributed by atoms with Crippen molar-refractivity contribution in [3.8, 4) is 5.69 Å². The number of aromatic nitrogens is 3. The van der Waals surface area contributed by atoms with Crippen LogP contribution in [0.15, 0.2) is 30.7 Å². The second kappa shape index (κ2) is 4.78. The molecule has 0 aliphatic rings. The lowest BCUT2D eigenvalue weighted by molar-refractivity contribution is 0.0995. The largest absolute Gasteiger partial charge is 0.364 e. The van der Waals surface area contributed by atoms with E-state index in [2.05, 4.69) is 16.9 Å². The molecule has 0 aliphatic carbocycles. The van der Waals surface area contributed by atoms with Crippen LogP contribution in [0, 0.1) is 0 Å². The number of primary amides is 1. The lowest BCUT2D eigenvalue weighted by atomic mass is 10.2. The number of carbonyl (C=O) groups excluding carboxylic acids is 1. The topological polar surface area (TPSA) is 73.8 Å². The summed E-state index contributed by atoms with van der Waals surface area (Å²) in [5, 5.41) is 0. The van der Waals surface area contributed by atoms with E-state index in [0.717, 1.165) is 24.4 Å². The van der Waals surface area contributed by atoms with Crippen molar-refractivity contribution in [1.29, 1.82) is 0 Å². The first-order chi connectivity index (χ1) is 8.22. The zero-order valence-electron chi connectivity index (χ0n) is 9.63. The van der Waals surface area contributed by atoms with Crippen LogP contribution in [0.5, 0.6) is 0 Å². The summed E-state index contributed by atoms with van der Waals surface area (Å²) in [7, 11) is 0. The van der Waals surface area contributed by atoms with E-state index in [-0.39, 0.29) is 5.69 Å².